The molecule has 0 heterocycles. The first-order valence-corrected chi connectivity index (χ1v) is 10.1. The highest BCUT2D eigenvalue weighted by Crippen LogP contribution is 2.32. The van der Waals surface area contributed by atoms with Gasteiger partial charge in [0.05, 0.1) is 36.5 Å². The second-order valence-electron chi connectivity index (χ2n) is 7.76. The number of rotatable bonds is 7. The fourth-order valence-electron chi connectivity index (χ4n) is 4.10. The predicted octanol–water partition coefficient (Wildman–Crippen LogP) is 1.69. The van der Waals surface area contributed by atoms with E-state index in [1.54, 1.807) is 0 Å². The molecule has 0 radical (unpaired) electrons. The summed E-state index contributed by atoms with van der Waals surface area (Å²) in [6, 6.07) is 0. The van der Waals surface area contributed by atoms with Gasteiger partial charge in [0.25, 0.3) is 0 Å². The third-order valence-electron chi connectivity index (χ3n) is 5.73. The number of carbonyl (C=O) groups is 6. The molecule has 10 heteroatoms. The molecule has 2 aliphatic carbocycles. The summed E-state index contributed by atoms with van der Waals surface area (Å²) in [7, 11) is 0. The van der Waals surface area contributed by atoms with Crippen LogP contribution in [0.15, 0.2) is 0 Å². The van der Waals surface area contributed by atoms with Crippen LogP contribution in [0.3, 0.4) is 0 Å². The molecule has 2 aliphatic rings. The molecule has 0 saturated heterocycles. The van der Waals surface area contributed by atoms with Gasteiger partial charge in [0.2, 0.25) is 0 Å². The van der Waals surface area contributed by atoms with Crippen LogP contribution < -0.4 is 0 Å². The third kappa shape index (κ3) is 6.36. The molecular formula is C20H26O10. The normalized spacial score (nSPS) is 26.3. The lowest BCUT2D eigenvalue weighted by Gasteiger charge is -2.26. The van der Waals surface area contributed by atoms with Gasteiger partial charge in [-0.05, 0) is 25.7 Å². The molecule has 166 valence electrons. The molecule has 0 aromatic rings. The van der Waals surface area contributed by atoms with Crippen molar-refractivity contribution in [1.82, 2.24) is 0 Å². The van der Waals surface area contributed by atoms with Gasteiger partial charge >= 0.3 is 35.8 Å². The van der Waals surface area contributed by atoms with E-state index in [4.69, 9.17) is 0 Å². The predicted molar refractivity (Wildman–Crippen MR) is 97.6 cm³/mol. The monoisotopic (exact) mass is 426 g/mol. The van der Waals surface area contributed by atoms with Gasteiger partial charge in [0.15, 0.2) is 0 Å². The van der Waals surface area contributed by atoms with Crippen molar-refractivity contribution in [3.63, 3.8) is 0 Å². The zero-order valence-electron chi connectivity index (χ0n) is 16.5. The van der Waals surface area contributed by atoms with Gasteiger partial charge < -0.3 is 19.7 Å². The number of hydrogen-bond donors (Lipinski definition) is 2. The second kappa shape index (κ2) is 10.8. The number of esters is 4. The quantitative estimate of drug-likeness (QED) is 0.452. The summed E-state index contributed by atoms with van der Waals surface area (Å²) in [5.41, 5.74) is 0. The Morgan fingerprint density at radius 2 is 0.867 bits per heavy atom. The molecule has 2 N–H and O–H groups in total. The van der Waals surface area contributed by atoms with Crippen LogP contribution in [0.2, 0.25) is 0 Å². The van der Waals surface area contributed by atoms with Crippen LogP contribution in [0.1, 0.15) is 64.2 Å². The standard InChI is InChI=1S/C20H26O10/c21-15(29-19(27)13-7-3-1-5-11(13)17(23)24)9-10-16(22)30-20(28)14-8-4-2-6-12(14)18(25)26/h11-14H,1-10H2,(H,23,24)(H,25,26). The van der Waals surface area contributed by atoms with Crippen LogP contribution in [-0.2, 0) is 38.2 Å². The Morgan fingerprint density at radius 1 is 0.567 bits per heavy atom. The zero-order valence-corrected chi connectivity index (χ0v) is 16.5. The summed E-state index contributed by atoms with van der Waals surface area (Å²) < 4.78 is 9.36. The van der Waals surface area contributed by atoms with Crippen LogP contribution in [0.4, 0.5) is 0 Å². The highest BCUT2D eigenvalue weighted by molar-refractivity contribution is 5.93. The molecule has 0 spiro atoms. The number of carbonyl (C=O) groups excluding carboxylic acids is 4. The molecule has 10 nitrogen and oxygen atoms in total. The highest BCUT2D eigenvalue weighted by Gasteiger charge is 2.39. The van der Waals surface area contributed by atoms with Crippen LogP contribution in [0.5, 0.6) is 0 Å². The van der Waals surface area contributed by atoms with Crippen molar-refractivity contribution in [3.8, 4) is 0 Å². The molecule has 0 amide bonds. The van der Waals surface area contributed by atoms with E-state index in [0.717, 1.165) is 0 Å². The van der Waals surface area contributed by atoms with Crippen LogP contribution in [-0.4, -0.2) is 46.0 Å². The molecule has 30 heavy (non-hydrogen) atoms. The van der Waals surface area contributed by atoms with Gasteiger partial charge in [0.1, 0.15) is 0 Å². The van der Waals surface area contributed by atoms with Crippen molar-refractivity contribution in [2.75, 3.05) is 0 Å². The molecule has 2 fully saturated rings. The number of aliphatic carboxylic acids is 2. The maximum Gasteiger partial charge on any atom is 0.317 e. The van der Waals surface area contributed by atoms with Crippen LogP contribution >= 0.6 is 0 Å². The number of carboxylic acid groups (broad SMARTS) is 2. The third-order valence-corrected chi connectivity index (χ3v) is 5.73. The van der Waals surface area contributed by atoms with Crippen molar-refractivity contribution in [1.29, 1.82) is 0 Å². The Labute approximate surface area is 172 Å². The lowest BCUT2D eigenvalue weighted by molar-refractivity contribution is -0.172. The summed E-state index contributed by atoms with van der Waals surface area (Å²) >= 11 is 0. The Morgan fingerprint density at radius 3 is 1.17 bits per heavy atom. The molecule has 0 aromatic carbocycles. The van der Waals surface area contributed by atoms with E-state index >= 15 is 0 Å². The average Bonchev–Trinajstić information content (AvgIpc) is 2.72. The minimum absolute atomic E-state index is 0.311. The summed E-state index contributed by atoms with van der Waals surface area (Å²) in [6.45, 7) is 0. The first kappa shape index (κ1) is 23.5. The molecule has 2 saturated carbocycles. The second-order valence-corrected chi connectivity index (χ2v) is 7.76. The van der Waals surface area contributed by atoms with Gasteiger partial charge in [-0.3, -0.25) is 28.8 Å². The van der Waals surface area contributed by atoms with E-state index in [1.165, 1.54) is 0 Å². The van der Waals surface area contributed by atoms with Gasteiger partial charge in [-0.2, -0.15) is 0 Å². The highest BCUT2D eigenvalue weighted by atomic mass is 16.6. The summed E-state index contributed by atoms with van der Waals surface area (Å²) in [5, 5.41) is 18.4. The number of hydrogen-bond acceptors (Lipinski definition) is 8. The van der Waals surface area contributed by atoms with E-state index in [2.05, 4.69) is 9.47 Å². The van der Waals surface area contributed by atoms with Crippen molar-refractivity contribution >= 4 is 35.8 Å². The molecule has 0 bridgehead atoms. The molecule has 4 unspecified atom stereocenters. The van der Waals surface area contributed by atoms with E-state index < -0.39 is 72.3 Å². The smallest absolute Gasteiger partial charge is 0.317 e. The van der Waals surface area contributed by atoms with E-state index in [1.807, 2.05) is 0 Å². The molecule has 0 aliphatic heterocycles. The minimum Gasteiger partial charge on any atom is -0.481 e. The van der Waals surface area contributed by atoms with Crippen molar-refractivity contribution in [3.05, 3.63) is 0 Å². The summed E-state index contributed by atoms with van der Waals surface area (Å²) in [5.74, 6) is -9.74. The Hall–Kier alpha value is -2.78. The topological polar surface area (TPSA) is 161 Å². The van der Waals surface area contributed by atoms with E-state index in [0.29, 0.717) is 51.4 Å². The molecule has 4 atom stereocenters. The first-order chi connectivity index (χ1) is 14.2. The van der Waals surface area contributed by atoms with Gasteiger partial charge in [0, 0.05) is 0 Å². The summed E-state index contributed by atoms with van der Waals surface area (Å²) in [4.78, 5) is 70.4. The maximum absolute atomic E-state index is 12.1. The maximum atomic E-state index is 12.1. The van der Waals surface area contributed by atoms with E-state index in [9.17, 15) is 39.0 Å². The largest absolute Gasteiger partial charge is 0.481 e. The van der Waals surface area contributed by atoms with Crippen molar-refractivity contribution in [2.24, 2.45) is 23.7 Å². The zero-order chi connectivity index (χ0) is 22.3. The van der Waals surface area contributed by atoms with Crippen LogP contribution in [0, 0.1) is 23.7 Å². The van der Waals surface area contributed by atoms with Crippen molar-refractivity contribution in [2.45, 2.75) is 64.2 Å². The van der Waals surface area contributed by atoms with Gasteiger partial charge in [-0.1, -0.05) is 25.7 Å². The van der Waals surface area contributed by atoms with E-state index in [-0.39, 0.29) is 0 Å². The average molecular weight is 426 g/mol. The van der Waals surface area contributed by atoms with Gasteiger partial charge in [-0.25, -0.2) is 0 Å². The Balaban J connectivity index is 1.79. The number of carboxylic acids is 2. The van der Waals surface area contributed by atoms with Crippen molar-refractivity contribution < 1.29 is 48.5 Å². The minimum atomic E-state index is -1.12. The fraction of sp³-hybridized carbons (Fsp3) is 0.700. The molecular weight excluding hydrogens is 400 g/mol. The molecule has 2 rings (SSSR count). The molecule has 0 aromatic heterocycles. The first-order valence-electron chi connectivity index (χ1n) is 10.1. The Bertz CT molecular complexity index is 652. The van der Waals surface area contributed by atoms with Gasteiger partial charge in [-0.15, -0.1) is 0 Å². The SMILES string of the molecule is O=C(CCC(=O)OC(=O)C1CCCCC1C(=O)O)OC(=O)C1CCCCC1C(=O)O. The van der Waals surface area contributed by atoms with Crippen LogP contribution in [0.25, 0.3) is 0 Å². The summed E-state index contributed by atoms with van der Waals surface area (Å²) in [6.07, 6.45) is 2.92. The number of ether oxygens (including phenoxy) is 2. The lowest BCUT2D eigenvalue weighted by Crippen LogP contribution is -2.35. The lowest BCUT2D eigenvalue weighted by atomic mass is 9.79. The Kier molecular flexibility index (Phi) is 8.49. The fourth-order valence-corrected chi connectivity index (χ4v) is 4.10.